The van der Waals surface area contributed by atoms with Crippen LogP contribution in [0, 0.1) is 19.8 Å². The molecule has 2 atom stereocenters. The van der Waals surface area contributed by atoms with Crippen molar-refractivity contribution in [3.8, 4) is 5.75 Å². The minimum atomic E-state index is -0.116. The van der Waals surface area contributed by atoms with Gasteiger partial charge in [0.1, 0.15) is 18.4 Å². The van der Waals surface area contributed by atoms with Crippen molar-refractivity contribution in [2.24, 2.45) is 5.92 Å². The van der Waals surface area contributed by atoms with E-state index < -0.39 is 0 Å². The molecule has 0 N–H and O–H groups in total. The van der Waals surface area contributed by atoms with Gasteiger partial charge in [0.25, 0.3) is 0 Å². The van der Waals surface area contributed by atoms with Crippen molar-refractivity contribution in [3.05, 3.63) is 27.2 Å². The van der Waals surface area contributed by atoms with E-state index in [9.17, 15) is 4.79 Å². The zero-order chi connectivity index (χ0) is 15.1. The van der Waals surface area contributed by atoms with Crippen molar-refractivity contribution in [1.29, 1.82) is 0 Å². The number of Topliss-reactive ketones (excluding diaryl/α,β-unsaturated/α-hetero) is 1. The van der Waals surface area contributed by atoms with Gasteiger partial charge in [-0.3, -0.25) is 9.69 Å². The van der Waals surface area contributed by atoms with Crippen LogP contribution < -0.4 is 4.74 Å². The number of nitrogens with zero attached hydrogens (tertiary/aromatic N) is 1. The fourth-order valence-corrected chi connectivity index (χ4v) is 3.94. The van der Waals surface area contributed by atoms with E-state index in [4.69, 9.17) is 4.74 Å². The van der Waals surface area contributed by atoms with Gasteiger partial charge in [0.2, 0.25) is 0 Å². The van der Waals surface area contributed by atoms with Gasteiger partial charge in [-0.2, -0.15) is 0 Å². The van der Waals surface area contributed by atoms with Crippen molar-refractivity contribution >= 4 is 21.7 Å². The normalized spacial score (nSPS) is 26.4. The molecule has 2 aliphatic rings. The number of ketones is 1. The molecule has 0 aromatic heterocycles. The minimum Gasteiger partial charge on any atom is -0.490 e. The Hall–Kier alpha value is -0.870. The SMILES string of the molecule is Cc1c(Br)cc2c(c1C)OC[C@H](N1CCC[C@@H](C)C1)C2=O. The van der Waals surface area contributed by atoms with Crippen LogP contribution in [0.1, 0.15) is 41.3 Å². The van der Waals surface area contributed by atoms with Crippen molar-refractivity contribution in [3.63, 3.8) is 0 Å². The third-order valence-electron chi connectivity index (χ3n) is 4.86. The maximum absolute atomic E-state index is 12.9. The highest BCUT2D eigenvalue weighted by molar-refractivity contribution is 9.10. The molecule has 1 aromatic carbocycles. The molecule has 0 unspecified atom stereocenters. The first-order valence-corrected chi connectivity index (χ1v) is 8.49. The van der Waals surface area contributed by atoms with Crippen LogP contribution in [0.25, 0.3) is 0 Å². The van der Waals surface area contributed by atoms with Crippen molar-refractivity contribution in [2.75, 3.05) is 19.7 Å². The first-order chi connectivity index (χ1) is 9.99. The highest BCUT2D eigenvalue weighted by Gasteiger charge is 2.36. The number of piperidine rings is 1. The third-order valence-corrected chi connectivity index (χ3v) is 5.68. The molecule has 0 radical (unpaired) electrons. The van der Waals surface area contributed by atoms with Crippen LogP contribution >= 0.6 is 15.9 Å². The molecule has 114 valence electrons. The lowest BCUT2D eigenvalue weighted by atomic mass is 9.92. The van der Waals surface area contributed by atoms with Gasteiger partial charge < -0.3 is 4.74 Å². The summed E-state index contributed by atoms with van der Waals surface area (Å²) in [6.45, 7) is 8.83. The molecule has 1 saturated heterocycles. The number of ether oxygens (including phenoxy) is 1. The topological polar surface area (TPSA) is 29.5 Å². The number of rotatable bonds is 1. The lowest BCUT2D eigenvalue weighted by molar-refractivity contribution is 0.0557. The fourth-order valence-electron chi connectivity index (χ4n) is 3.42. The second-order valence-electron chi connectivity index (χ2n) is 6.42. The summed E-state index contributed by atoms with van der Waals surface area (Å²) in [6.07, 6.45) is 2.44. The van der Waals surface area contributed by atoms with E-state index in [1.807, 2.05) is 19.9 Å². The van der Waals surface area contributed by atoms with E-state index in [1.54, 1.807) is 0 Å². The molecule has 1 aromatic rings. The van der Waals surface area contributed by atoms with E-state index in [2.05, 4.69) is 27.8 Å². The summed E-state index contributed by atoms with van der Waals surface area (Å²) < 4.78 is 6.97. The monoisotopic (exact) mass is 351 g/mol. The molecule has 3 nitrogen and oxygen atoms in total. The molecule has 0 aliphatic carbocycles. The Morgan fingerprint density at radius 3 is 2.81 bits per heavy atom. The summed E-state index contributed by atoms with van der Waals surface area (Å²) in [5, 5.41) is 0. The Kier molecular flexibility index (Phi) is 4.10. The maximum Gasteiger partial charge on any atom is 0.187 e. The number of benzene rings is 1. The summed E-state index contributed by atoms with van der Waals surface area (Å²) in [7, 11) is 0. The average molecular weight is 352 g/mol. The predicted molar refractivity (Wildman–Crippen MR) is 87.2 cm³/mol. The second-order valence-corrected chi connectivity index (χ2v) is 7.27. The number of hydrogen-bond acceptors (Lipinski definition) is 3. The number of carbonyl (C=O) groups excluding carboxylic acids is 1. The number of fused-ring (bicyclic) bond motifs is 1. The predicted octanol–water partition coefficient (Wildman–Crippen LogP) is 3.74. The van der Waals surface area contributed by atoms with E-state index in [1.165, 1.54) is 12.8 Å². The lowest BCUT2D eigenvalue weighted by Crippen LogP contribution is -2.51. The highest BCUT2D eigenvalue weighted by atomic mass is 79.9. The summed E-state index contributed by atoms with van der Waals surface area (Å²) in [4.78, 5) is 15.2. The maximum atomic E-state index is 12.9. The first-order valence-electron chi connectivity index (χ1n) is 7.69. The van der Waals surface area contributed by atoms with E-state index >= 15 is 0 Å². The molecule has 0 bridgehead atoms. The molecule has 3 rings (SSSR count). The van der Waals surface area contributed by atoms with Crippen LogP contribution in [-0.4, -0.2) is 36.4 Å². The summed E-state index contributed by atoms with van der Waals surface area (Å²) in [5.41, 5.74) is 2.95. The van der Waals surface area contributed by atoms with Gasteiger partial charge in [0.15, 0.2) is 5.78 Å². The molecule has 2 heterocycles. The molecule has 1 fully saturated rings. The van der Waals surface area contributed by atoms with Gasteiger partial charge in [0.05, 0.1) is 5.56 Å². The van der Waals surface area contributed by atoms with E-state index in [0.29, 0.717) is 12.5 Å². The van der Waals surface area contributed by atoms with E-state index in [-0.39, 0.29) is 11.8 Å². The van der Waals surface area contributed by atoms with Crippen molar-refractivity contribution in [1.82, 2.24) is 4.90 Å². The van der Waals surface area contributed by atoms with Crippen molar-refractivity contribution in [2.45, 2.75) is 39.7 Å². The Bertz CT molecular complexity index is 585. The Balaban J connectivity index is 1.92. The number of hydrogen-bond donors (Lipinski definition) is 0. The van der Waals surface area contributed by atoms with Gasteiger partial charge in [-0.05, 0) is 56.3 Å². The molecule has 0 spiro atoms. The smallest absolute Gasteiger partial charge is 0.187 e. The van der Waals surface area contributed by atoms with Crippen LogP contribution in [0.15, 0.2) is 10.5 Å². The average Bonchev–Trinajstić information content (AvgIpc) is 2.46. The summed E-state index contributed by atoms with van der Waals surface area (Å²) in [5.74, 6) is 1.66. The molecule has 0 amide bonds. The Morgan fingerprint density at radius 2 is 2.10 bits per heavy atom. The first kappa shape index (κ1) is 15.0. The van der Waals surface area contributed by atoms with Gasteiger partial charge in [-0.1, -0.05) is 22.9 Å². The highest BCUT2D eigenvalue weighted by Crippen LogP contribution is 2.36. The number of likely N-dealkylation sites (tertiary alicyclic amines) is 1. The molecular formula is C17H22BrNO2. The van der Waals surface area contributed by atoms with E-state index in [0.717, 1.165) is 40.0 Å². The van der Waals surface area contributed by atoms with Crippen LogP contribution in [0.3, 0.4) is 0 Å². The second kappa shape index (κ2) is 5.73. The molecular weight excluding hydrogens is 330 g/mol. The fraction of sp³-hybridized carbons (Fsp3) is 0.588. The number of carbonyl (C=O) groups is 1. The quantitative estimate of drug-likeness (QED) is 0.771. The third kappa shape index (κ3) is 2.64. The van der Waals surface area contributed by atoms with Crippen LogP contribution in [0.5, 0.6) is 5.75 Å². The summed E-state index contributed by atoms with van der Waals surface area (Å²) >= 11 is 3.56. The largest absolute Gasteiger partial charge is 0.490 e. The van der Waals surface area contributed by atoms with Gasteiger partial charge >= 0.3 is 0 Å². The van der Waals surface area contributed by atoms with Gasteiger partial charge in [-0.25, -0.2) is 0 Å². The molecule has 4 heteroatoms. The molecule has 2 aliphatic heterocycles. The Morgan fingerprint density at radius 1 is 1.33 bits per heavy atom. The van der Waals surface area contributed by atoms with Crippen molar-refractivity contribution < 1.29 is 9.53 Å². The lowest BCUT2D eigenvalue weighted by Gasteiger charge is -2.38. The zero-order valence-corrected chi connectivity index (χ0v) is 14.5. The van der Waals surface area contributed by atoms with Gasteiger partial charge in [-0.15, -0.1) is 0 Å². The standard InChI is InChI=1S/C17H22BrNO2/c1-10-5-4-6-19(8-10)15-9-21-17-12(3)11(2)14(18)7-13(17)16(15)20/h7,10,15H,4-6,8-9H2,1-3H3/t10-,15+/m1/s1. The zero-order valence-electron chi connectivity index (χ0n) is 12.9. The summed E-state index contributed by atoms with van der Waals surface area (Å²) in [6, 6.07) is 1.81. The van der Waals surface area contributed by atoms with Gasteiger partial charge in [0, 0.05) is 11.0 Å². The van der Waals surface area contributed by atoms with Crippen LogP contribution in [0.2, 0.25) is 0 Å². The molecule has 0 saturated carbocycles. The van der Waals surface area contributed by atoms with Crippen LogP contribution in [-0.2, 0) is 0 Å². The minimum absolute atomic E-state index is 0.116. The molecule has 21 heavy (non-hydrogen) atoms. The Labute approximate surface area is 134 Å². The number of halogens is 1. The van der Waals surface area contributed by atoms with Crippen LogP contribution in [0.4, 0.5) is 0 Å².